The molecule has 3 rings (SSSR count). The highest BCUT2D eigenvalue weighted by molar-refractivity contribution is 5.74. The van der Waals surface area contributed by atoms with Crippen LogP contribution in [0.2, 0.25) is 0 Å². The SMILES string of the molecule is CC(C)c1ccc(CCCNC(=O)N2CCC[C@H](c3cc(=O)[nH]cn3)C2)cc1. The van der Waals surface area contributed by atoms with E-state index in [1.165, 1.54) is 23.5 Å². The number of aromatic nitrogens is 2. The van der Waals surface area contributed by atoms with Gasteiger partial charge in [0.25, 0.3) is 5.56 Å². The molecule has 2 N–H and O–H groups in total. The third kappa shape index (κ3) is 5.44. The van der Waals surface area contributed by atoms with Gasteiger partial charge in [-0.15, -0.1) is 0 Å². The van der Waals surface area contributed by atoms with Crippen LogP contribution in [-0.2, 0) is 6.42 Å². The van der Waals surface area contributed by atoms with E-state index in [0.29, 0.717) is 19.0 Å². The van der Waals surface area contributed by atoms with Crippen molar-refractivity contribution in [2.75, 3.05) is 19.6 Å². The molecule has 0 spiro atoms. The lowest BCUT2D eigenvalue weighted by atomic mass is 9.95. The molecular formula is C22H30N4O2. The molecule has 1 aromatic heterocycles. The molecule has 6 nitrogen and oxygen atoms in total. The van der Waals surface area contributed by atoms with E-state index in [1.807, 2.05) is 4.90 Å². The van der Waals surface area contributed by atoms with Crippen molar-refractivity contribution in [3.05, 3.63) is 63.8 Å². The average molecular weight is 383 g/mol. The van der Waals surface area contributed by atoms with Crippen LogP contribution in [0.3, 0.4) is 0 Å². The highest BCUT2D eigenvalue weighted by Gasteiger charge is 2.25. The molecule has 1 atom stereocenters. The molecule has 1 aliphatic rings. The molecule has 0 aliphatic carbocycles. The van der Waals surface area contributed by atoms with E-state index in [0.717, 1.165) is 37.9 Å². The van der Waals surface area contributed by atoms with Crippen molar-refractivity contribution < 1.29 is 4.79 Å². The van der Waals surface area contributed by atoms with Crippen molar-refractivity contribution in [2.24, 2.45) is 0 Å². The first-order valence-corrected chi connectivity index (χ1v) is 10.2. The number of likely N-dealkylation sites (tertiary alicyclic amines) is 1. The van der Waals surface area contributed by atoms with Crippen molar-refractivity contribution in [3.63, 3.8) is 0 Å². The van der Waals surface area contributed by atoms with E-state index >= 15 is 0 Å². The van der Waals surface area contributed by atoms with Gasteiger partial charge in [0.1, 0.15) is 0 Å². The number of hydrogen-bond donors (Lipinski definition) is 2. The number of carbonyl (C=O) groups is 1. The van der Waals surface area contributed by atoms with Crippen LogP contribution in [-0.4, -0.2) is 40.5 Å². The van der Waals surface area contributed by atoms with Crippen LogP contribution in [0.4, 0.5) is 4.79 Å². The molecule has 0 bridgehead atoms. The van der Waals surface area contributed by atoms with Crippen LogP contribution in [0.25, 0.3) is 0 Å². The van der Waals surface area contributed by atoms with Crippen molar-refractivity contribution in [1.29, 1.82) is 0 Å². The number of benzene rings is 1. The van der Waals surface area contributed by atoms with Crippen molar-refractivity contribution in [2.45, 2.75) is 51.4 Å². The van der Waals surface area contributed by atoms with Crippen LogP contribution < -0.4 is 10.9 Å². The number of urea groups is 1. The van der Waals surface area contributed by atoms with Crippen LogP contribution in [0.5, 0.6) is 0 Å². The third-order valence-electron chi connectivity index (χ3n) is 5.39. The maximum absolute atomic E-state index is 12.5. The molecule has 2 heterocycles. The minimum atomic E-state index is -0.145. The Kier molecular flexibility index (Phi) is 6.85. The van der Waals surface area contributed by atoms with Crippen LogP contribution >= 0.6 is 0 Å². The lowest BCUT2D eigenvalue weighted by molar-refractivity contribution is 0.179. The minimum Gasteiger partial charge on any atom is -0.338 e. The van der Waals surface area contributed by atoms with Gasteiger partial charge in [0.05, 0.1) is 12.0 Å². The van der Waals surface area contributed by atoms with E-state index in [9.17, 15) is 9.59 Å². The van der Waals surface area contributed by atoms with Crippen molar-refractivity contribution in [3.8, 4) is 0 Å². The maximum Gasteiger partial charge on any atom is 0.317 e. The number of amides is 2. The number of H-pyrrole nitrogens is 1. The Morgan fingerprint density at radius 1 is 1.32 bits per heavy atom. The van der Waals surface area contributed by atoms with Crippen molar-refractivity contribution in [1.82, 2.24) is 20.2 Å². The second-order valence-corrected chi connectivity index (χ2v) is 7.85. The Balaban J connectivity index is 1.43. The molecule has 1 fully saturated rings. The fraction of sp³-hybridized carbons (Fsp3) is 0.500. The summed E-state index contributed by atoms with van der Waals surface area (Å²) in [6.45, 7) is 6.42. The Hall–Kier alpha value is -2.63. The smallest absolute Gasteiger partial charge is 0.317 e. The number of rotatable bonds is 6. The summed E-state index contributed by atoms with van der Waals surface area (Å²) in [7, 11) is 0. The standard InChI is InChI=1S/C22H30N4O2/c1-16(2)18-9-7-17(8-10-18)5-3-11-23-22(28)26-12-4-6-19(14-26)20-13-21(27)25-15-24-20/h7-10,13,15-16,19H,3-6,11-12,14H2,1-2H3,(H,23,28)(H,24,25,27)/t19-/m0/s1. The highest BCUT2D eigenvalue weighted by atomic mass is 16.2. The van der Waals surface area contributed by atoms with Crippen LogP contribution in [0.1, 0.15) is 61.8 Å². The zero-order valence-electron chi connectivity index (χ0n) is 16.8. The topological polar surface area (TPSA) is 78.1 Å². The molecule has 0 radical (unpaired) electrons. The van der Waals surface area contributed by atoms with E-state index in [4.69, 9.17) is 0 Å². The number of hydrogen-bond acceptors (Lipinski definition) is 3. The molecule has 0 saturated carbocycles. The normalized spacial score (nSPS) is 17.0. The first-order chi connectivity index (χ1) is 13.5. The fourth-order valence-electron chi connectivity index (χ4n) is 3.68. The summed E-state index contributed by atoms with van der Waals surface area (Å²) < 4.78 is 0. The third-order valence-corrected chi connectivity index (χ3v) is 5.39. The first kappa shape index (κ1) is 20.1. The van der Waals surface area contributed by atoms with Crippen LogP contribution in [0.15, 0.2) is 41.5 Å². The summed E-state index contributed by atoms with van der Waals surface area (Å²) in [6.07, 6.45) is 5.18. The highest BCUT2D eigenvalue weighted by Crippen LogP contribution is 2.24. The summed E-state index contributed by atoms with van der Waals surface area (Å²) >= 11 is 0. The van der Waals surface area contributed by atoms with Crippen molar-refractivity contribution >= 4 is 6.03 Å². The van der Waals surface area contributed by atoms with Gasteiger partial charge >= 0.3 is 6.03 Å². The van der Waals surface area contributed by atoms with E-state index in [2.05, 4.69) is 53.4 Å². The molecule has 0 unspecified atom stereocenters. The number of carbonyl (C=O) groups excluding carboxylic acids is 1. The molecule has 150 valence electrons. The minimum absolute atomic E-state index is 0.0234. The van der Waals surface area contributed by atoms with Gasteiger partial charge in [-0.2, -0.15) is 0 Å². The Morgan fingerprint density at radius 2 is 2.11 bits per heavy atom. The predicted molar refractivity (Wildman–Crippen MR) is 111 cm³/mol. The fourth-order valence-corrected chi connectivity index (χ4v) is 3.68. The maximum atomic E-state index is 12.5. The average Bonchev–Trinajstić information content (AvgIpc) is 2.71. The molecule has 1 saturated heterocycles. The summed E-state index contributed by atoms with van der Waals surface area (Å²) in [5.41, 5.74) is 3.28. The summed E-state index contributed by atoms with van der Waals surface area (Å²) in [6, 6.07) is 10.3. The number of piperidine rings is 1. The molecule has 1 aromatic carbocycles. The van der Waals surface area contributed by atoms with Gasteiger partial charge in [0, 0.05) is 31.6 Å². The van der Waals surface area contributed by atoms with Gasteiger partial charge in [-0.05, 0) is 42.7 Å². The molecule has 2 amide bonds. The van der Waals surface area contributed by atoms with E-state index in [-0.39, 0.29) is 17.5 Å². The van der Waals surface area contributed by atoms with Gasteiger partial charge in [-0.3, -0.25) is 4.79 Å². The zero-order chi connectivity index (χ0) is 19.9. The monoisotopic (exact) mass is 382 g/mol. The lowest BCUT2D eigenvalue weighted by Crippen LogP contribution is -2.45. The Morgan fingerprint density at radius 3 is 2.82 bits per heavy atom. The molecule has 6 heteroatoms. The van der Waals surface area contributed by atoms with Gasteiger partial charge in [-0.1, -0.05) is 38.1 Å². The second-order valence-electron chi connectivity index (χ2n) is 7.85. The Labute approximate surface area is 166 Å². The van der Waals surface area contributed by atoms with Crippen LogP contribution in [0, 0.1) is 0 Å². The summed E-state index contributed by atoms with van der Waals surface area (Å²) in [4.78, 5) is 32.7. The molecule has 1 aliphatic heterocycles. The first-order valence-electron chi connectivity index (χ1n) is 10.2. The zero-order valence-corrected chi connectivity index (χ0v) is 16.8. The summed E-state index contributed by atoms with van der Waals surface area (Å²) in [5, 5.41) is 3.03. The molecular weight excluding hydrogens is 352 g/mol. The Bertz CT molecular complexity index is 829. The quantitative estimate of drug-likeness (QED) is 0.752. The summed E-state index contributed by atoms with van der Waals surface area (Å²) in [5.74, 6) is 0.674. The second kappa shape index (κ2) is 9.53. The van der Waals surface area contributed by atoms with Gasteiger partial charge in [0.15, 0.2) is 0 Å². The van der Waals surface area contributed by atoms with Gasteiger partial charge in [-0.25, -0.2) is 9.78 Å². The van der Waals surface area contributed by atoms with Gasteiger partial charge < -0.3 is 15.2 Å². The number of aromatic amines is 1. The number of nitrogens with one attached hydrogen (secondary N) is 2. The number of nitrogens with zero attached hydrogens (tertiary/aromatic N) is 2. The largest absolute Gasteiger partial charge is 0.338 e. The predicted octanol–water partition coefficient (Wildman–Crippen LogP) is 3.42. The number of aryl methyl sites for hydroxylation is 1. The lowest BCUT2D eigenvalue weighted by Gasteiger charge is -2.32. The molecule has 2 aromatic rings. The molecule has 28 heavy (non-hydrogen) atoms. The van der Waals surface area contributed by atoms with E-state index < -0.39 is 0 Å². The van der Waals surface area contributed by atoms with E-state index in [1.54, 1.807) is 0 Å². The van der Waals surface area contributed by atoms with Gasteiger partial charge in [0.2, 0.25) is 0 Å².